The summed E-state index contributed by atoms with van der Waals surface area (Å²) in [7, 11) is -1.38. The van der Waals surface area contributed by atoms with E-state index in [-0.39, 0.29) is 37.1 Å². The van der Waals surface area contributed by atoms with Gasteiger partial charge in [0.2, 0.25) is 0 Å². The van der Waals surface area contributed by atoms with Gasteiger partial charge in [0.05, 0.1) is 26.4 Å². The van der Waals surface area contributed by atoms with Crippen LogP contribution in [-0.4, -0.2) is 40.1 Å². The SMILES string of the molecule is CC.CC(C)OB(OCc1cc(F)ccc1Br)OC(C)C.Fc1ccc(Br)c(COB2OCCO2)c1. The Balaban J connectivity index is 0.000000344. The van der Waals surface area contributed by atoms with Gasteiger partial charge in [-0.1, -0.05) is 45.7 Å². The van der Waals surface area contributed by atoms with Crippen LogP contribution in [0, 0.1) is 11.6 Å². The fraction of sp³-hybridized carbons (Fsp3) is 0.500. The molecular weight excluding hydrogens is 604 g/mol. The zero-order chi connectivity index (χ0) is 27.1. The first kappa shape index (κ1) is 33.2. The van der Waals surface area contributed by atoms with E-state index < -0.39 is 14.6 Å². The third-order valence-corrected chi connectivity index (χ3v) is 5.67. The minimum Gasteiger partial charge on any atom is -0.384 e. The summed E-state index contributed by atoms with van der Waals surface area (Å²) in [5.74, 6) is -0.585. The van der Waals surface area contributed by atoms with Gasteiger partial charge >= 0.3 is 14.6 Å². The van der Waals surface area contributed by atoms with E-state index in [2.05, 4.69) is 31.9 Å². The Morgan fingerprint density at radius 1 is 0.833 bits per heavy atom. The van der Waals surface area contributed by atoms with Gasteiger partial charge < -0.3 is 27.9 Å². The standard InChI is InChI=1S/C13H19BBrFO3.C9H9BBrFO3.C2H6/c1-9(2)18-14(19-10(3)4)17-8-11-7-12(16)5-6-13(11)15;11-9-2-1-8(12)5-7(9)6-15-10-13-3-4-14-10;1-2/h5-7,9-10H,8H2,1-4H3;1-2,5H,3-4,6H2;1-2H3. The number of halogens is 4. The van der Waals surface area contributed by atoms with Crippen LogP contribution in [0.2, 0.25) is 0 Å². The first-order valence-electron chi connectivity index (χ1n) is 11.8. The summed E-state index contributed by atoms with van der Waals surface area (Å²) in [6.45, 7) is 13.1. The molecule has 1 aliphatic heterocycles. The lowest BCUT2D eigenvalue weighted by Gasteiger charge is -2.19. The summed E-state index contributed by atoms with van der Waals surface area (Å²) in [4.78, 5) is 0. The van der Waals surface area contributed by atoms with Crippen molar-refractivity contribution < 1.29 is 36.7 Å². The smallest absolute Gasteiger partial charge is 0.384 e. The van der Waals surface area contributed by atoms with Gasteiger partial charge in [0.25, 0.3) is 0 Å². The molecule has 0 N–H and O–H groups in total. The third kappa shape index (κ3) is 13.6. The summed E-state index contributed by atoms with van der Waals surface area (Å²) in [5.41, 5.74) is 1.44. The van der Waals surface area contributed by atoms with Gasteiger partial charge in [0.1, 0.15) is 11.6 Å². The second kappa shape index (κ2) is 18.4. The number of hydrogen-bond acceptors (Lipinski definition) is 6. The summed E-state index contributed by atoms with van der Waals surface area (Å²) < 4.78 is 59.7. The van der Waals surface area contributed by atoms with Crippen LogP contribution in [0.15, 0.2) is 45.3 Å². The highest BCUT2D eigenvalue weighted by atomic mass is 79.9. The van der Waals surface area contributed by atoms with Crippen molar-refractivity contribution in [2.24, 2.45) is 0 Å². The molecule has 0 atom stereocenters. The molecular formula is C24H34B2Br2F2O6. The lowest BCUT2D eigenvalue weighted by molar-refractivity contribution is 0.0458. The van der Waals surface area contributed by atoms with E-state index in [9.17, 15) is 8.78 Å². The Morgan fingerprint density at radius 3 is 1.72 bits per heavy atom. The van der Waals surface area contributed by atoms with Crippen LogP contribution in [0.1, 0.15) is 52.7 Å². The predicted octanol–water partition coefficient (Wildman–Crippen LogP) is 7.10. The van der Waals surface area contributed by atoms with Crippen molar-refractivity contribution in [2.45, 2.75) is 67.0 Å². The molecule has 6 nitrogen and oxygen atoms in total. The van der Waals surface area contributed by atoms with Crippen LogP contribution in [-0.2, 0) is 41.1 Å². The van der Waals surface area contributed by atoms with Gasteiger partial charge in [-0.15, -0.1) is 0 Å². The quantitative estimate of drug-likeness (QED) is 0.259. The van der Waals surface area contributed by atoms with Crippen molar-refractivity contribution in [1.82, 2.24) is 0 Å². The second-order valence-corrected chi connectivity index (χ2v) is 9.49. The molecule has 0 radical (unpaired) electrons. The Bertz CT molecular complexity index is 880. The molecule has 0 unspecified atom stereocenters. The summed E-state index contributed by atoms with van der Waals surface area (Å²) in [5, 5.41) is 0. The lowest BCUT2D eigenvalue weighted by Crippen LogP contribution is -2.32. The van der Waals surface area contributed by atoms with Gasteiger partial charge in [0, 0.05) is 21.2 Å². The summed E-state index contributed by atoms with van der Waals surface area (Å²) in [6.07, 6.45) is -0.0283. The molecule has 0 saturated carbocycles. The molecule has 36 heavy (non-hydrogen) atoms. The first-order chi connectivity index (χ1) is 17.1. The van der Waals surface area contributed by atoms with E-state index in [1.54, 1.807) is 12.1 Å². The normalized spacial score (nSPS) is 12.8. The van der Waals surface area contributed by atoms with Crippen molar-refractivity contribution in [2.75, 3.05) is 13.2 Å². The van der Waals surface area contributed by atoms with Crippen molar-refractivity contribution >= 4 is 46.5 Å². The van der Waals surface area contributed by atoms with Gasteiger partial charge in [-0.05, 0) is 75.2 Å². The maximum absolute atomic E-state index is 13.2. The van der Waals surface area contributed by atoms with Gasteiger partial charge in [-0.25, -0.2) is 8.78 Å². The largest absolute Gasteiger partial charge is 0.640 e. The molecule has 0 bridgehead atoms. The molecule has 3 rings (SSSR count). The number of rotatable bonds is 10. The van der Waals surface area contributed by atoms with Gasteiger partial charge in [-0.2, -0.15) is 0 Å². The fourth-order valence-electron chi connectivity index (χ4n) is 2.61. The molecule has 1 saturated heterocycles. The molecule has 1 heterocycles. The van der Waals surface area contributed by atoms with E-state index in [0.717, 1.165) is 14.5 Å². The van der Waals surface area contributed by atoms with Gasteiger partial charge in [-0.3, -0.25) is 0 Å². The average Bonchev–Trinajstić information content (AvgIpc) is 3.35. The molecule has 1 aliphatic rings. The second-order valence-electron chi connectivity index (χ2n) is 7.78. The van der Waals surface area contributed by atoms with Crippen molar-refractivity contribution in [3.63, 3.8) is 0 Å². The molecule has 0 aromatic heterocycles. The molecule has 0 aliphatic carbocycles. The molecule has 2 aromatic rings. The molecule has 2 aromatic carbocycles. The van der Waals surface area contributed by atoms with E-state index in [1.807, 2.05) is 41.5 Å². The monoisotopic (exact) mass is 636 g/mol. The van der Waals surface area contributed by atoms with Crippen LogP contribution in [0.5, 0.6) is 0 Å². The van der Waals surface area contributed by atoms with Crippen molar-refractivity contribution in [3.8, 4) is 0 Å². The maximum atomic E-state index is 13.2. The molecule has 12 heteroatoms. The minimum atomic E-state index is -0.754. The average molecular weight is 638 g/mol. The Labute approximate surface area is 230 Å². The van der Waals surface area contributed by atoms with Crippen LogP contribution in [0.4, 0.5) is 8.78 Å². The predicted molar refractivity (Wildman–Crippen MR) is 145 cm³/mol. The first-order valence-corrected chi connectivity index (χ1v) is 13.4. The highest BCUT2D eigenvalue weighted by molar-refractivity contribution is 9.10. The topological polar surface area (TPSA) is 55.4 Å². The zero-order valence-electron chi connectivity index (χ0n) is 21.6. The van der Waals surface area contributed by atoms with Gasteiger partial charge in [0.15, 0.2) is 0 Å². The number of hydrogen-bond donors (Lipinski definition) is 0. The van der Waals surface area contributed by atoms with Crippen LogP contribution < -0.4 is 0 Å². The molecule has 1 fully saturated rings. The molecule has 0 amide bonds. The van der Waals surface area contributed by atoms with E-state index in [1.165, 1.54) is 24.3 Å². The zero-order valence-corrected chi connectivity index (χ0v) is 24.7. The highest BCUT2D eigenvalue weighted by Gasteiger charge is 2.27. The van der Waals surface area contributed by atoms with Crippen LogP contribution in [0.25, 0.3) is 0 Å². The third-order valence-electron chi connectivity index (χ3n) is 4.12. The minimum absolute atomic E-state index is 0.0142. The van der Waals surface area contributed by atoms with E-state index in [4.69, 9.17) is 27.9 Å². The van der Waals surface area contributed by atoms with Crippen LogP contribution in [0.3, 0.4) is 0 Å². The van der Waals surface area contributed by atoms with Crippen LogP contribution >= 0.6 is 31.9 Å². The lowest BCUT2D eigenvalue weighted by atomic mass is 10.1. The fourth-order valence-corrected chi connectivity index (χ4v) is 3.33. The van der Waals surface area contributed by atoms with E-state index >= 15 is 0 Å². The number of benzene rings is 2. The Morgan fingerprint density at radius 2 is 1.28 bits per heavy atom. The molecule has 200 valence electrons. The summed E-state index contributed by atoms with van der Waals surface area (Å²) >= 11 is 6.67. The maximum Gasteiger partial charge on any atom is 0.640 e. The van der Waals surface area contributed by atoms with Crippen molar-refractivity contribution in [1.29, 1.82) is 0 Å². The van der Waals surface area contributed by atoms with Crippen molar-refractivity contribution in [3.05, 3.63) is 68.1 Å². The Hall–Kier alpha value is -0.850. The van der Waals surface area contributed by atoms with E-state index in [0.29, 0.717) is 18.8 Å². The molecule has 0 spiro atoms. The Kier molecular flexibility index (Phi) is 17.0. The summed E-state index contributed by atoms with van der Waals surface area (Å²) in [6, 6.07) is 8.90. The highest BCUT2D eigenvalue weighted by Crippen LogP contribution is 2.20.